The van der Waals surface area contributed by atoms with Crippen LogP contribution in [-0.4, -0.2) is 24.5 Å². The second-order valence-electron chi connectivity index (χ2n) is 4.38. The highest BCUT2D eigenvalue weighted by molar-refractivity contribution is 9.09. The Bertz CT molecular complexity index is 362. The zero-order valence-corrected chi connectivity index (χ0v) is 12.9. The summed E-state index contributed by atoms with van der Waals surface area (Å²) < 4.78 is 10.6. The number of ether oxygens (including phenoxy) is 2. The molecule has 1 rings (SSSR count). The van der Waals surface area contributed by atoms with Gasteiger partial charge in [0.1, 0.15) is 19.0 Å². The van der Waals surface area contributed by atoms with E-state index in [9.17, 15) is 4.79 Å². The van der Waals surface area contributed by atoms with Crippen molar-refractivity contribution in [3.05, 3.63) is 29.8 Å². The Hall–Kier alpha value is -1.03. The van der Waals surface area contributed by atoms with Crippen LogP contribution in [0.5, 0.6) is 5.75 Å². The lowest BCUT2D eigenvalue weighted by atomic mass is 10.2. The van der Waals surface area contributed by atoms with Crippen LogP contribution in [0.1, 0.15) is 31.2 Å². The molecule has 0 bridgehead atoms. The molecule has 106 valence electrons. The first kappa shape index (κ1) is 16.0. The summed E-state index contributed by atoms with van der Waals surface area (Å²) in [5.74, 6) is 0.668. The standard InChI is InChI=1S/C15H21BrO3/c1-13-6-8-14(9-7-13)18-11-12-19-15(17)5-3-2-4-10-16/h6-9H,2-5,10-12H2,1H3. The summed E-state index contributed by atoms with van der Waals surface area (Å²) in [5, 5.41) is 0.992. The van der Waals surface area contributed by atoms with Crippen molar-refractivity contribution in [1.29, 1.82) is 0 Å². The molecule has 0 saturated carbocycles. The van der Waals surface area contributed by atoms with Crippen molar-refractivity contribution in [3.63, 3.8) is 0 Å². The molecule has 4 heteroatoms. The van der Waals surface area contributed by atoms with E-state index in [-0.39, 0.29) is 5.97 Å². The molecule has 0 spiro atoms. The predicted molar refractivity (Wildman–Crippen MR) is 79.9 cm³/mol. The summed E-state index contributed by atoms with van der Waals surface area (Å²) in [6, 6.07) is 7.81. The van der Waals surface area contributed by atoms with E-state index in [4.69, 9.17) is 9.47 Å². The van der Waals surface area contributed by atoms with Crippen molar-refractivity contribution in [3.8, 4) is 5.75 Å². The topological polar surface area (TPSA) is 35.5 Å². The minimum Gasteiger partial charge on any atom is -0.490 e. The second-order valence-corrected chi connectivity index (χ2v) is 5.17. The molecule has 3 nitrogen and oxygen atoms in total. The van der Waals surface area contributed by atoms with Crippen LogP contribution in [0.3, 0.4) is 0 Å². The molecule has 0 aliphatic carbocycles. The Morgan fingerprint density at radius 1 is 1.11 bits per heavy atom. The third-order valence-electron chi connectivity index (χ3n) is 2.65. The first-order chi connectivity index (χ1) is 9.22. The maximum atomic E-state index is 11.4. The van der Waals surface area contributed by atoms with Crippen molar-refractivity contribution in [2.75, 3.05) is 18.5 Å². The average molecular weight is 329 g/mol. The summed E-state index contributed by atoms with van der Waals surface area (Å²) in [4.78, 5) is 11.4. The third kappa shape index (κ3) is 7.88. The Morgan fingerprint density at radius 2 is 1.84 bits per heavy atom. The summed E-state index contributed by atoms with van der Waals surface area (Å²) >= 11 is 3.36. The predicted octanol–water partition coefficient (Wildman–Crippen LogP) is 3.87. The summed E-state index contributed by atoms with van der Waals surface area (Å²) in [5.41, 5.74) is 1.20. The highest BCUT2D eigenvalue weighted by atomic mass is 79.9. The van der Waals surface area contributed by atoms with Crippen LogP contribution in [-0.2, 0) is 9.53 Å². The smallest absolute Gasteiger partial charge is 0.305 e. The lowest BCUT2D eigenvalue weighted by molar-refractivity contribution is -0.144. The maximum Gasteiger partial charge on any atom is 0.305 e. The molecule has 1 aromatic rings. The maximum absolute atomic E-state index is 11.4. The lowest BCUT2D eigenvalue weighted by Gasteiger charge is -2.07. The Morgan fingerprint density at radius 3 is 2.53 bits per heavy atom. The number of hydrogen-bond donors (Lipinski definition) is 0. The third-order valence-corrected chi connectivity index (χ3v) is 3.21. The highest BCUT2D eigenvalue weighted by Crippen LogP contribution is 2.11. The van der Waals surface area contributed by atoms with Gasteiger partial charge in [-0.25, -0.2) is 0 Å². The zero-order chi connectivity index (χ0) is 13.9. The Kier molecular flexibility index (Phi) is 8.30. The van der Waals surface area contributed by atoms with E-state index in [2.05, 4.69) is 15.9 Å². The molecule has 0 aliphatic heterocycles. The molecule has 0 atom stereocenters. The minimum absolute atomic E-state index is 0.137. The fraction of sp³-hybridized carbons (Fsp3) is 0.533. The van der Waals surface area contributed by atoms with Gasteiger partial charge in [0.2, 0.25) is 0 Å². The number of carbonyl (C=O) groups excluding carboxylic acids is 1. The normalized spacial score (nSPS) is 10.2. The fourth-order valence-electron chi connectivity index (χ4n) is 1.56. The molecular weight excluding hydrogens is 308 g/mol. The van der Waals surface area contributed by atoms with Crippen LogP contribution in [0.4, 0.5) is 0 Å². The lowest BCUT2D eigenvalue weighted by Crippen LogP contribution is -2.12. The molecule has 0 amide bonds. The molecule has 0 aromatic heterocycles. The number of benzene rings is 1. The van der Waals surface area contributed by atoms with E-state index < -0.39 is 0 Å². The molecule has 0 fully saturated rings. The average Bonchev–Trinajstić information content (AvgIpc) is 2.42. The van der Waals surface area contributed by atoms with E-state index in [1.807, 2.05) is 31.2 Å². The van der Waals surface area contributed by atoms with Crippen LogP contribution in [0, 0.1) is 6.92 Å². The number of aryl methyl sites for hydroxylation is 1. The van der Waals surface area contributed by atoms with Crippen LogP contribution in [0.25, 0.3) is 0 Å². The van der Waals surface area contributed by atoms with Gasteiger partial charge in [0.15, 0.2) is 0 Å². The van der Waals surface area contributed by atoms with Crippen molar-refractivity contribution < 1.29 is 14.3 Å². The first-order valence-corrected chi connectivity index (χ1v) is 7.75. The van der Waals surface area contributed by atoms with Gasteiger partial charge in [-0.15, -0.1) is 0 Å². The van der Waals surface area contributed by atoms with Gasteiger partial charge in [0.05, 0.1) is 0 Å². The van der Waals surface area contributed by atoms with Crippen LogP contribution in [0.15, 0.2) is 24.3 Å². The molecule has 19 heavy (non-hydrogen) atoms. The number of alkyl halides is 1. The van der Waals surface area contributed by atoms with Gasteiger partial charge in [-0.05, 0) is 31.9 Å². The molecule has 0 unspecified atom stereocenters. The first-order valence-electron chi connectivity index (χ1n) is 6.63. The van der Waals surface area contributed by atoms with Crippen LogP contribution in [0.2, 0.25) is 0 Å². The highest BCUT2D eigenvalue weighted by Gasteiger charge is 2.02. The Labute approximate surface area is 123 Å². The van der Waals surface area contributed by atoms with E-state index in [1.165, 1.54) is 5.56 Å². The summed E-state index contributed by atoms with van der Waals surface area (Å²) in [6.07, 6.45) is 3.55. The van der Waals surface area contributed by atoms with Gasteiger partial charge in [-0.2, -0.15) is 0 Å². The van der Waals surface area contributed by atoms with Gasteiger partial charge in [0, 0.05) is 11.8 Å². The zero-order valence-electron chi connectivity index (χ0n) is 11.4. The molecule has 1 aromatic carbocycles. The minimum atomic E-state index is -0.137. The van der Waals surface area contributed by atoms with E-state index in [1.54, 1.807) is 0 Å². The Balaban J connectivity index is 2.03. The van der Waals surface area contributed by atoms with Crippen molar-refractivity contribution in [1.82, 2.24) is 0 Å². The van der Waals surface area contributed by atoms with E-state index in [0.717, 1.165) is 30.3 Å². The summed E-state index contributed by atoms with van der Waals surface area (Å²) in [7, 11) is 0. The number of rotatable bonds is 9. The molecule has 0 radical (unpaired) electrons. The SMILES string of the molecule is Cc1ccc(OCCOC(=O)CCCCCBr)cc1. The quantitative estimate of drug-likeness (QED) is 0.392. The number of halogens is 1. The number of esters is 1. The molecule has 0 heterocycles. The second kappa shape index (κ2) is 9.84. The van der Waals surface area contributed by atoms with Crippen molar-refractivity contribution >= 4 is 21.9 Å². The molecular formula is C15H21BrO3. The molecule has 0 saturated heterocycles. The number of carbonyl (C=O) groups is 1. The van der Waals surface area contributed by atoms with Gasteiger partial charge in [-0.3, -0.25) is 4.79 Å². The van der Waals surface area contributed by atoms with Gasteiger partial charge in [-0.1, -0.05) is 40.0 Å². The van der Waals surface area contributed by atoms with E-state index in [0.29, 0.717) is 19.6 Å². The summed E-state index contributed by atoms with van der Waals surface area (Å²) in [6.45, 7) is 2.74. The van der Waals surface area contributed by atoms with Gasteiger partial charge >= 0.3 is 5.97 Å². The molecule has 0 aliphatic rings. The van der Waals surface area contributed by atoms with Crippen LogP contribution >= 0.6 is 15.9 Å². The van der Waals surface area contributed by atoms with Crippen molar-refractivity contribution in [2.45, 2.75) is 32.6 Å². The van der Waals surface area contributed by atoms with E-state index >= 15 is 0 Å². The number of hydrogen-bond acceptors (Lipinski definition) is 3. The fourth-order valence-corrected chi connectivity index (χ4v) is 1.96. The van der Waals surface area contributed by atoms with Crippen molar-refractivity contribution in [2.24, 2.45) is 0 Å². The monoisotopic (exact) mass is 328 g/mol. The van der Waals surface area contributed by atoms with Crippen LogP contribution < -0.4 is 4.74 Å². The van der Waals surface area contributed by atoms with Gasteiger partial charge in [0.25, 0.3) is 0 Å². The molecule has 0 N–H and O–H groups in total. The van der Waals surface area contributed by atoms with Gasteiger partial charge < -0.3 is 9.47 Å². The largest absolute Gasteiger partial charge is 0.490 e. The number of unbranched alkanes of at least 4 members (excludes halogenated alkanes) is 2.